The van der Waals surface area contributed by atoms with E-state index in [1.807, 2.05) is 0 Å². The predicted molar refractivity (Wildman–Crippen MR) is 52.2 cm³/mol. The van der Waals surface area contributed by atoms with Gasteiger partial charge < -0.3 is 17.6 Å². The van der Waals surface area contributed by atoms with E-state index in [0.29, 0.717) is 0 Å². The zero-order chi connectivity index (χ0) is 8.57. The fraction of sp³-hybridized carbons (Fsp3) is 0.500. The molecule has 0 saturated heterocycles. The third kappa shape index (κ3) is 42.8. The van der Waals surface area contributed by atoms with E-state index in [-0.39, 0.29) is 16.6 Å². The van der Waals surface area contributed by atoms with Crippen LogP contribution in [-0.4, -0.2) is 23.0 Å². The van der Waals surface area contributed by atoms with Crippen LogP contribution in [0.3, 0.4) is 0 Å². The number of primary amides is 2. The fourth-order valence-electron chi connectivity index (χ4n) is 0. The van der Waals surface area contributed by atoms with Crippen molar-refractivity contribution in [3.05, 3.63) is 0 Å². The van der Waals surface area contributed by atoms with Gasteiger partial charge in [-0.1, -0.05) is 23.5 Å². The van der Waals surface area contributed by atoms with Gasteiger partial charge in [-0.15, -0.1) is 0 Å². The summed E-state index contributed by atoms with van der Waals surface area (Å²) < 4.78 is 0. The minimum Gasteiger partial charge on any atom is -0.369 e. The third-order valence-corrected chi connectivity index (χ3v) is 1.21. The van der Waals surface area contributed by atoms with Gasteiger partial charge in [0.1, 0.15) is 0 Å². The number of carbonyl (C=O) groups is 2. The Morgan fingerprint density at radius 2 is 1.09 bits per heavy atom. The predicted octanol–water partition coefficient (Wildman–Crippen LogP) is 1.23. The molecule has 0 fully saturated rings. The zero-order valence-corrected chi connectivity index (χ0v) is 8.42. The van der Waals surface area contributed by atoms with Crippen LogP contribution in [0.5, 0.6) is 0 Å². The lowest BCUT2D eigenvalue weighted by Gasteiger charge is -1.73. The molecule has 8 N–H and O–H groups in total. The number of amides is 2. The van der Waals surface area contributed by atoms with Crippen molar-refractivity contribution in [1.82, 2.24) is 6.15 Å². The van der Waals surface area contributed by atoms with Crippen molar-refractivity contribution in [1.29, 1.82) is 0 Å². The van der Waals surface area contributed by atoms with Crippen LogP contribution < -0.4 is 17.6 Å². The van der Waals surface area contributed by atoms with Gasteiger partial charge in [-0.2, -0.15) is 0 Å². The molecule has 7 heteroatoms. The summed E-state index contributed by atoms with van der Waals surface area (Å²) in [6.07, 6.45) is 3.28. The number of quaternary nitrogens is 1. The monoisotopic (exact) mass is 200 g/mol. The molecule has 0 aromatic rings. The molecule has 0 unspecified atom stereocenters. The van der Waals surface area contributed by atoms with E-state index in [2.05, 4.69) is 11.5 Å². The fourth-order valence-corrected chi connectivity index (χ4v) is 0. The highest BCUT2D eigenvalue weighted by molar-refractivity contribution is 8.13. The van der Waals surface area contributed by atoms with Crippen molar-refractivity contribution in [3.8, 4) is 0 Å². The molecule has 5 nitrogen and oxygen atoms in total. The van der Waals surface area contributed by atoms with Gasteiger partial charge in [0.05, 0.1) is 0 Å². The molecule has 0 bridgehead atoms. The van der Waals surface area contributed by atoms with E-state index in [1.165, 1.54) is 0 Å². The maximum Gasteiger partial charge on any atom is 0.276 e. The van der Waals surface area contributed by atoms with Crippen LogP contribution in [0.2, 0.25) is 0 Å². The Balaban J connectivity index is -0.000000107. The molecule has 0 aliphatic heterocycles. The van der Waals surface area contributed by atoms with E-state index >= 15 is 0 Å². The first-order valence-corrected chi connectivity index (χ1v) is 4.66. The molecular formula is C4H14N3O2S2+. The van der Waals surface area contributed by atoms with E-state index in [0.717, 1.165) is 23.5 Å². The molecule has 0 aromatic carbocycles. The normalized spacial score (nSPS) is 6.73. The molecule has 0 aromatic heterocycles. The van der Waals surface area contributed by atoms with Gasteiger partial charge >= 0.3 is 0 Å². The summed E-state index contributed by atoms with van der Waals surface area (Å²) in [6, 6.07) is 0. The first-order chi connectivity index (χ1) is 4.54. The van der Waals surface area contributed by atoms with Crippen LogP contribution in [-0.2, 0) is 0 Å². The van der Waals surface area contributed by atoms with E-state index in [9.17, 15) is 9.59 Å². The van der Waals surface area contributed by atoms with Crippen LogP contribution in [0.4, 0.5) is 9.59 Å². The van der Waals surface area contributed by atoms with Crippen molar-refractivity contribution in [2.24, 2.45) is 11.5 Å². The summed E-state index contributed by atoms with van der Waals surface area (Å²) in [5, 5.41) is -0.657. The minimum absolute atomic E-state index is 0. The Morgan fingerprint density at radius 1 is 1.00 bits per heavy atom. The van der Waals surface area contributed by atoms with Crippen LogP contribution >= 0.6 is 23.5 Å². The first kappa shape index (κ1) is 16.9. The highest BCUT2D eigenvalue weighted by Gasteiger charge is 1.78. The highest BCUT2D eigenvalue weighted by atomic mass is 32.2. The lowest BCUT2D eigenvalue weighted by Crippen LogP contribution is -1.99. The molecule has 0 aliphatic carbocycles. The minimum atomic E-state index is -0.329. The molecule has 0 rings (SSSR count). The number of carbonyl (C=O) groups excluding carboxylic acids is 2. The van der Waals surface area contributed by atoms with Crippen molar-refractivity contribution < 1.29 is 9.59 Å². The zero-order valence-electron chi connectivity index (χ0n) is 6.79. The van der Waals surface area contributed by atoms with Gasteiger partial charge in [0.25, 0.3) is 10.5 Å². The Kier molecular flexibility index (Phi) is 18.9. The largest absolute Gasteiger partial charge is 0.369 e. The molecule has 2 amide bonds. The Morgan fingerprint density at radius 3 is 1.09 bits per heavy atom. The van der Waals surface area contributed by atoms with E-state index < -0.39 is 0 Å². The number of hydrogen-bond donors (Lipinski definition) is 3. The van der Waals surface area contributed by atoms with Crippen LogP contribution in [0.15, 0.2) is 0 Å². The third-order valence-electron chi connectivity index (χ3n) is 0.402. The number of hydrogen-bond acceptors (Lipinski definition) is 4. The average molecular weight is 200 g/mol. The van der Waals surface area contributed by atoms with Gasteiger partial charge in [0, 0.05) is 0 Å². The quantitative estimate of drug-likeness (QED) is 0.544. The second-order valence-corrected chi connectivity index (χ2v) is 2.67. The molecule has 0 saturated carbocycles. The SMILES string of the molecule is CSC(N)=O.CSC(N)=O.[NH4+]. The molecule has 0 heterocycles. The molecule has 68 valence electrons. The van der Waals surface area contributed by atoms with Gasteiger partial charge in [0.2, 0.25) is 0 Å². The number of rotatable bonds is 0. The Hall–Kier alpha value is -0.400. The van der Waals surface area contributed by atoms with Gasteiger partial charge in [-0.05, 0) is 12.5 Å². The molecule has 0 atom stereocenters. The summed E-state index contributed by atoms with van der Waals surface area (Å²) in [4.78, 5) is 19.1. The summed E-state index contributed by atoms with van der Waals surface area (Å²) in [5.74, 6) is 0. The van der Waals surface area contributed by atoms with Crippen LogP contribution in [0.1, 0.15) is 0 Å². The van der Waals surface area contributed by atoms with Gasteiger partial charge in [0.15, 0.2) is 0 Å². The summed E-state index contributed by atoms with van der Waals surface area (Å²) >= 11 is 2.04. The smallest absolute Gasteiger partial charge is 0.276 e. The summed E-state index contributed by atoms with van der Waals surface area (Å²) in [5.41, 5.74) is 9.23. The standard InChI is InChI=1S/2C2H5NOS.H3N/c2*1-5-2(3)4;/h2*1H3,(H2,3,4);1H3/p+1. The van der Waals surface area contributed by atoms with Crippen LogP contribution in [0.25, 0.3) is 0 Å². The summed E-state index contributed by atoms with van der Waals surface area (Å²) in [6.45, 7) is 0. The number of thioether (sulfide) groups is 2. The molecular weight excluding hydrogens is 186 g/mol. The molecule has 0 radical (unpaired) electrons. The van der Waals surface area contributed by atoms with Crippen molar-refractivity contribution >= 4 is 34.0 Å². The maximum absolute atomic E-state index is 9.55. The van der Waals surface area contributed by atoms with E-state index in [4.69, 9.17) is 0 Å². The molecule has 0 aliphatic rings. The second kappa shape index (κ2) is 12.3. The lowest BCUT2D eigenvalue weighted by molar-refractivity contribution is 0.266. The Labute approximate surface area is 74.2 Å². The highest BCUT2D eigenvalue weighted by Crippen LogP contribution is 1.85. The first-order valence-electron chi connectivity index (χ1n) is 2.21. The molecule has 0 spiro atoms. The second-order valence-electron chi connectivity index (χ2n) is 1.05. The van der Waals surface area contributed by atoms with E-state index in [1.54, 1.807) is 12.5 Å². The van der Waals surface area contributed by atoms with Gasteiger partial charge in [-0.25, -0.2) is 0 Å². The lowest BCUT2D eigenvalue weighted by atomic mass is 11.5. The summed E-state index contributed by atoms with van der Waals surface area (Å²) in [7, 11) is 0. The average Bonchev–Trinajstić information content (AvgIpc) is 1.89. The van der Waals surface area contributed by atoms with Crippen molar-refractivity contribution in [3.63, 3.8) is 0 Å². The van der Waals surface area contributed by atoms with Crippen LogP contribution in [0, 0.1) is 0 Å². The number of nitrogens with two attached hydrogens (primary N) is 2. The van der Waals surface area contributed by atoms with Gasteiger partial charge in [-0.3, -0.25) is 9.59 Å². The maximum atomic E-state index is 9.55. The topological polar surface area (TPSA) is 123 Å². The van der Waals surface area contributed by atoms with Crippen molar-refractivity contribution in [2.45, 2.75) is 0 Å². The molecule has 11 heavy (non-hydrogen) atoms. The Bertz CT molecular complexity index is 106. The van der Waals surface area contributed by atoms with Crippen molar-refractivity contribution in [2.75, 3.05) is 12.5 Å².